The van der Waals surface area contributed by atoms with Gasteiger partial charge in [-0.2, -0.15) is 0 Å². The maximum absolute atomic E-state index is 13.6. The molecule has 1 aliphatic carbocycles. The van der Waals surface area contributed by atoms with Crippen molar-refractivity contribution >= 4 is 16.9 Å². The molecule has 1 aliphatic rings. The molecule has 0 N–H and O–H groups in total. The highest BCUT2D eigenvalue weighted by molar-refractivity contribution is 5.82. The zero-order valence-electron chi connectivity index (χ0n) is 15.4. The number of fused-ring (bicyclic) bond motifs is 1. The quantitative estimate of drug-likeness (QED) is 0.649. The van der Waals surface area contributed by atoms with Crippen LogP contribution < -0.4 is 0 Å². The van der Waals surface area contributed by atoms with E-state index in [0.29, 0.717) is 24.9 Å². The van der Waals surface area contributed by atoms with Crippen molar-refractivity contribution in [1.82, 2.24) is 4.98 Å². The second-order valence-corrected chi connectivity index (χ2v) is 6.29. The monoisotopic (exact) mass is 347 g/mol. The highest BCUT2D eigenvalue weighted by Crippen LogP contribution is 2.39. The van der Waals surface area contributed by atoms with Gasteiger partial charge in [0, 0.05) is 19.4 Å². The average Bonchev–Trinajstić information content (AvgIpc) is 2.64. The lowest BCUT2D eigenvalue weighted by Crippen LogP contribution is -2.18. The summed E-state index contributed by atoms with van der Waals surface area (Å²) >= 11 is 0. The van der Waals surface area contributed by atoms with Gasteiger partial charge < -0.3 is 4.74 Å². The third-order valence-corrected chi connectivity index (χ3v) is 4.78. The molecule has 0 atom stereocenters. The third-order valence-electron chi connectivity index (χ3n) is 4.78. The molecule has 3 rings (SSSR count). The van der Waals surface area contributed by atoms with Crippen LogP contribution in [-0.2, 0) is 9.53 Å². The van der Waals surface area contributed by atoms with Crippen LogP contribution in [0, 0.1) is 11.7 Å². The molecule has 0 radical (unpaired) electrons. The molecular formula is C21H30FNO2. The first-order valence-corrected chi connectivity index (χ1v) is 9.37. The summed E-state index contributed by atoms with van der Waals surface area (Å²) in [5.74, 6) is 0.519. The van der Waals surface area contributed by atoms with Gasteiger partial charge in [0.25, 0.3) is 0 Å². The summed E-state index contributed by atoms with van der Waals surface area (Å²) in [7, 11) is 0. The fourth-order valence-corrected chi connectivity index (χ4v) is 3.63. The summed E-state index contributed by atoms with van der Waals surface area (Å²) in [6, 6.07) is 6.79. The molecule has 1 saturated carbocycles. The standard InChI is InChI=1S/C19H22FNO2.C2H6.H2/c1-2-23-19(22)11-13-3-5-14(6-4-13)16-9-10-21-18-8-7-15(20)12-17(16)18;1-2;/h7-10,12-14H,2-6,11H2,1H3;1-2H3;1H. The van der Waals surface area contributed by atoms with E-state index in [1.807, 2.05) is 26.8 Å². The van der Waals surface area contributed by atoms with E-state index in [-0.39, 0.29) is 13.2 Å². The number of pyridine rings is 1. The summed E-state index contributed by atoms with van der Waals surface area (Å²) < 4.78 is 18.6. The van der Waals surface area contributed by atoms with Gasteiger partial charge in [-0.3, -0.25) is 9.78 Å². The van der Waals surface area contributed by atoms with E-state index in [9.17, 15) is 9.18 Å². The Morgan fingerprint density at radius 2 is 1.96 bits per heavy atom. The Balaban J connectivity index is 0.00000109. The number of hydrogen-bond acceptors (Lipinski definition) is 3. The van der Waals surface area contributed by atoms with Gasteiger partial charge in [0.1, 0.15) is 5.82 Å². The van der Waals surface area contributed by atoms with Gasteiger partial charge in [0.2, 0.25) is 0 Å². The molecule has 0 amide bonds. The smallest absolute Gasteiger partial charge is 0.306 e. The Labute approximate surface area is 151 Å². The minimum atomic E-state index is -0.220. The van der Waals surface area contributed by atoms with Gasteiger partial charge in [-0.1, -0.05) is 13.8 Å². The van der Waals surface area contributed by atoms with Crippen molar-refractivity contribution in [2.24, 2.45) is 5.92 Å². The maximum Gasteiger partial charge on any atom is 0.306 e. The van der Waals surface area contributed by atoms with Crippen molar-refractivity contribution in [2.75, 3.05) is 6.61 Å². The first kappa shape index (κ1) is 19.4. The van der Waals surface area contributed by atoms with E-state index in [2.05, 4.69) is 4.98 Å². The van der Waals surface area contributed by atoms with Crippen LogP contribution in [0.1, 0.15) is 65.8 Å². The third kappa shape index (κ3) is 5.00. The van der Waals surface area contributed by atoms with Gasteiger partial charge >= 0.3 is 5.97 Å². The highest BCUT2D eigenvalue weighted by Gasteiger charge is 2.25. The number of hydrogen-bond donors (Lipinski definition) is 0. The number of carbonyl (C=O) groups is 1. The first-order chi connectivity index (χ1) is 12.2. The van der Waals surface area contributed by atoms with Crippen LogP contribution in [0.4, 0.5) is 4.39 Å². The second kappa shape index (κ2) is 9.50. The minimum Gasteiger partial charge on any atom is -0.466 e. The van der Waals surface area contributed by atoms with Crippen molar-refractivity contribution < 1.29 is 15.3 Å². The van der Waals surface area contributed by atoms with Crippen LogP contribution in [0.3, 0.4) is 0 Å². The molecular weight excluding hydrogens is 317 g/mol. The molecule has 1 fully saturated rings. The normalized spacial score (nSPS) is 19.8. The lowest BCUT2D eigenvalue weighted by Gasteiger charge is -2.28. The first-order valence-electron chi connectivity index (χ1n) is 9.37. The lowest BCUT2D eigenvalue weighted by atomic mass is 9.77. The summed E-state index contributed by atoms with van der Waals surface area (Å²) in [5.41, 5.74) is 2.03. The summed E-state index contributed by atoms with van der Waals surface area (Å²) in [4.78, 5) is 15.9. The fraction of sp³-hybridized carbons (Fsp3) is 0.524. The van der Waals surface area contributed by atoms with Crippen LogP contribution >= 0.6 is 0 Å². The van der Waals surface area contributed by atoms with Crippen molar-refractivity contribution in [3.8, 4) is 0 Å². The lowest BCUT2D eigenvalue weighted by molar-refractivity contribution is -0.144. The molecule has 138 valence electrons. The van der Waals surface area contributed by atoms with E-state index in [1.165, 1.54) is 11.6 Å². The predicted octanol–water partition coefficient (Wildman–Crippen LogP) is 5.87. The topological polar surface area (TPSA) is 39.2 Å². The molecule has 25 heavy (non-hydrogen) atoms. The highest BCUT2D eigenvalue weighted by atomic mass is 19.1. The summed E-state index contributed by atoms with van der Waals surface area (Å²) in [6.07, 6.45) is 6.41. The molecule has 4 heteroatoms. The van der Waals surface area contributed by atoms with Gasteiger partial charge in [-0.05, 0) is 74.3 Å². The van der Waals surface area contributed by atoms with Crippen LogP contribution in [0.5, 0.6) is 0 Å². The molecule has 0 spiro atoms. The van der Waals surface area contributed by atoms with Crippen LogP contribution in [0.2, 0.25) is 0 Å². The Kier molecular flexibility index (Phi) is 7.35. The van der Waals surface area contributed by atoms with Crippen molar-refractivity contribution in [2.45, 2.75) is 58.8 Å². The predicted molar refractivity (Wildman–Crippen MR) is 101 cm³/mol. The Morgan fingerprint density at radius 3 is 2.64 bits per heavy atom. The summed E-state index contributed by atoms with van der Waals surface area (Å²) in [5, 5.41) is 0.918. The van der Waals surface area contributed by atoms with E-state index in [4.69, 9.17) is 4.74 Å². The number of esters is 1. The summed E-state index contributed by atoms with van der Waals surface area (Å²) in [6.45, 7) is 6.28. The van der Waals surface area contributed by atoms with E-state index in [0.717, 1.165) is 36.6 Å². The van der Waals surface area contributed by atoms with Crippen molar-refractivity contribution in [3.63, 3.8) is 0 Å². The zero-order chi connectivity index (χ0) is 18.2. The number of ether oxygens (including phenoxy) is 1. The molecule has 0 aliphatic heterocycles. The number of benzene rings is 1. The van der Waals surface area contributed by atoms with Crippen LogP contribution in [0.15, 0.2) is 30.5 Å². The number of nitrogens with zero attached hydrogens (tertiary/aromatic N) is 1. The number of aromatic nitrogens is 1. The van der Waals surface area contributed by atoms with Gasteiger partial charge in [-0.15, -0.1) is 0 Å². The number of carbonyl (C=O) groups excluding carboxylic acids is 1. The van der Waals surface area contributed by atoms with Gasteiger partial charge in [0.05, 0.1) is 12.1 Å². The molecule has 0 bridgehead atoms. The maximum atomic E-state index is 13.6. The molecule has 1 aromatic heterocycles. The Morgan fingerprint density at radius 1 is 1.24 bits per heavy atom. The van der Waals surface area contributed by atoms with Crippen molar-refractivity contribution in [3.05, 3.63) is 41.8 Å². The van der Waals surface area contributed by atoms with E-state index < -0.39 is 0 Å². The zero-order valence-corrected chi connectivity index (χ0v) is 15.4. The van der Waals surface area contributed by atoms with E-state index >= 15 is 0 Å². The number of halogens is 1. The molecule has 0 unspecified atom stereocenters. The molecule has 0 saturated heterocycles. The fourth-order valence-electron chi connectivity index (χ4n) is 3.63. The molecule has 2 aromatic rings. The van der Waals surface area contributed by atoms with Gasteiger partial charge in [-0.25, -0.2) is 4.39 Å². The SMILES string of the molecule is CC.CCOC(=O)CC1CCC(c2ccnc3ccc(F)cc23)CC1.[HH]. The molecule has 3 nitrogen and oxygen atoms in total. The largest absolute Gasteiger partial charge is 0.466 e. The van der Waals surface area contributed by atoms with Crippen molar-refractivity contribution in [1.29, 1.82) is 0 Å². The van der Waals surface area contributed by atoms with Crippen LogP contribution in [0.25, 0.3) is 10.9 Å². The second-order valence-electron chi connectivity index (χ2n) is 6.29. The van der Waals surface area contributed by atoms with Gasteiger partial charge in [0.15, 0.2) is 0 Å². The van der Waals surface area contributed by atoms with E-state index in [1.54, 1.807) is 18.3 Å². The molecule has 1 heterocycles. The number of rotatable bonds is 4. The Bertz CT molecular complexity index is 699. The average molecular weight is 347 g/mol. The molecule has 1 aromatic carbocycles. The van der Waals surface area contributed by atoms with Crippen LogP contribution in [-0.4, -0.2) is 17.6 Å². The minimum absolute atomic E-state index is 0. The Hall–Kier alpha value is -1.97.